The van der Waals surface area contributed by atoms with Crippen molar-refractivity contribution in [1.82, 2.24) is 19.7 Å². The van der Waals surface area contributed by atoms with Gasteiger partial charge in [0.1, 0.15) is 11.6 Å². The van der Waals surface area contributed by atoms with E-state index in [2.05, 4.69) is 10.2 Å². The number of morpholine rings is 1. The van der Waals surface area contributed by atoms with E-state index in [-0.39, 0.29) is 11.2 Å². The summed E-state index contributed by atoms with van der Waals surface area (Å²) in [6.07, 6.45) is 1.64. The van der Waals surface area contributed by atoms with Gasteiger partial charge in [-0.1, -0.05) is 42.1 Å². The molecule has 1 amide bonds. The summed E-state index contributed by atoms with van der Waals surface area (Å²) in [4.78, 5) is 14.8. The van der Waals surface area contributed by atoms with Crippen molar-refractivity contribution in [2.75, 3.05) is 26.3 Å². The Morgan fingerprint density at radius 1 is 1.27 bits per heavy atom. The van der Waals surface area contributed by atoms with Crippen molar-refractivity contribution in [3.63, 3.8) is 0 Å². The number of carbonyl (C=O) groups excluding carboxylic acids is 1. The van der Waals surface area contributed by atoms with E-state index in [1.807, 2.05) is 46.8 Å². The first kappa shape index (κ1) is 15.1. The highest BCUT2D eigenvalue weighted by Crippen LogP contribution is 2.35. The molecule has 1 saturated heterocycles. The lowest BCUT2D eigenvalue weighted by Gasteiger charge is -2.30. The maximum absolute atomic E-state index is 12.9. The molecule has 6 nitrogen and oxygen atoms in total. The molecule has 0 N–H and O–H groups in total. The van der Waals surface area contributed by atoms with Crippen LogP contribution in [0.5, 0.6) is 0 Å². The van der Waals surface area contributed by atoms with Gasteiger partial charge < -0.3 is 14.2 Å². The van der Waals surface area contributed by atoms with E-state index in [9.17, 15) is 4.79 Å². The van der Waals surface area contributed by atoms with Gasteiger partial charge in [0.25, 0.3) is 0 Å². The molecule has 1 fully saturated rings. The van der Waals surface area contributed by atoms with Crippen LogP contribution in [0.1, 0.15) is 10.8 Å². The van der Waals surface area contributed by atoms with E-state index in [0.717, 1.165) is 10.7 Å². The van der Waals surface area contributed by atoms with Gasteiger partial charge in [-0.2, -0.15) is 0 Å². The van der Waals surface area contributed by atoms with Crippen molar-refractivity contribution in [2.45, 2.75) is 10.4 Å². The Kier molecular flexibility index (Phi) is 4.74. The lowest BCUT2D eigenvalue weighted by atomic mass is 10.1. The molecule has 1 atom stereocenters. The number of hydrogen-bond acceptors (Lipinski definition) is 5. The molecule has 3 rings (SSSR count). The highest BCUT2D eigenvalue weighted by molar-refractivity contribution is 8.00. The van der Waals surface area contributed by atoms with Crippen molar-refractivity contribution in [3.8, 4) is 0 Å². The van der Waals surface area contributed by atoms with Crippen molar-refractivity contribution >= 4 is 17.7 Å². The fraction of sp³-hybridized carbons (Fsp3) is 0.400. The Balaban J connectivity index is 1.85. The molecule has 0 aliphatic carbocycles. The molecule has 22 heavy (non-hydrogen) atoms. The number of amides is 1. The topological polar surface area (TPSA) is 60.2 Å². The number of hydrogen-bond donors (Lipinski definition) is 0. The Morgan fingerprint density at radius 3 is 2.64 bits per heavy atom. The second kappa shape index (κ2) is 6.93. The summed E-state index contributed by atoms with van der Waals surface area (Å²) in [5.41, 5.74) is 0.979. The number of ether oxygens (including phenoxy) is 1. The molecular weight excluding hydrogens is 300 g/mol. The summed E-state index contributed by atoms with van der Waals surface area (Å²) in [6.45, 7) is 2.48. The number of aryl methyl sites for hydroxylation is 1. The van der Waals surface area contributed by atoms with Gasteiger partial charge in [-0.15, -0.1) is 10.2 Å². The Labute approximate surface area is 133 Å². The van der Waals surface area contributed by atoms with Gasteiger partial charge in [-0.05, 0) is 5.56 Å². The zero-order chi connectivity index (χ0) is 15.4. The van der Waals surface area contributed by atoms with Gasteiger partial charge in [0.05, 0.1) is 13.2 Å². The second-order valence-corrected chi connectivity index (χ2v) is 6.14. The van der Waals surface area contributed by atoms with E-state index in [1.54, 1.807) is 6.33 Å². The van der Waals surface area contributed by atoms with Crippen molar-refractivity contribution in [3.05, 3.63) is 42.2 Å². The minimum absolute atomic E-state index is 0.0995. The number of aromatic nitrogens is 3. The molecule has 0 spiro atoms. The van der Waals surface area contributed by atoms with Gasteiger partial charge in [-0.3, -0.25) is 4.79 Å². The summed E-state index contributed by atoms with van der Waals surface area (Å²) < 4.78 is 7.16. The van der Waals surface area contributed by atoms with Crippen molar-refractivity contribution in [1.29, 1.82) is 0 Å². The maximum Gasteiger partial charge on any atom is 0.240 e. The minimum Gasteiger partial charge on any atom is -0.378 e. The standard InChI is InChI=1S/C15H18N4O2S/c1-18-11-16-17-15(18)22-13(12-5-3-2-4-6-12)14(20)19-7-9-21-10-8-19/h2-6,11,13H,7-10H2,1H3. The molecule has 1 unspecified atom stereocenters. The second-order valence-electron chi connectivity index (χ2n) is 5.07. The van der Waals surface area contributed by atoms with Crippen LogP contribution in [0.3, 0.4) is 0 Å². The Hall–Kier alpha value is -1.86. The van der Waals surface area contributed by atoms with Gasteiger partial charge >= 0.3 is 0 Å². The van der Waals surface area contributed by atoms with Crippen LogP contribution < -0.4 is 0 Å². The van der Waals surface area contributed by atoms with Crippen LogP contribution in [0, 0.1) is 0 Å². The summed E-state index contributed by atoms with van der Waals surface area (Å²) in [6, 6.07) is 9.81. The molecular formula is C15H18N4O2S. The zero-order valence-electron chi connectivity index (χ0n) is 12.4. The number of nitrogens with zero attached hydrogens (tertiary/aromatic N) is 4. The predicted molar refractivity (Wildman–Crippen MR) is 83.4 cm³/mol. The first-order valence-corrected chi connectivity index (χ1v) is 8.06. The van der Waals surface area contributed by atoms with Gasteiger partial charge in [0, 0.05) is 20.1 Å². The van der Waals surface area contributed by atoms with E-state index < -0.39 is 0 Å². The third-order valence-corrected chi connectivity index (χ3v) is 4.83. The van der Waals surface area contributed by atoms with E-state index in [0.29, 0.717) is 26.3 Å². The summed E-state index contributed by atoms with van der Waals surface area (Å²) in [5.74, 6) is 0.0995. The summed E-state index contributed by atoms with van der Waals surface area (Å²) in [7, 11) is 1.88. The average molecular weight is 318 g/mol. The molecule has 1 aromatic heterocycles. The third-order valence-electron chi connectivity index (χ3n) is 3.54. The maximum atomic E-state index is 12.9. The first-order valence-electron chi connectivity index (χ1n) is 7.18. The SMILES string of the molecule is Cn1cnnc1SC(C(=O)N1CCOCC1)c1ccccc1. The minimum atomic E-state index is -0.317. The van der Waals surface area contributed by atoms with Gasteiger partial charge in [-0.25, -0.2) is 0 Å². The predicted octanol–water partition coefficient (Wildman–Crippen LogP) is 1.51. The van der Waals surface area contributed by atoms with Crippen molar-refractivity contribution in [2.24, 2.45) is 7.05 Å². The smallest absolute Gasteiger partial charge is 0.240 e. The summed E-state index contributed by atoms with van der Waals surface area (Å²) in [5, 5.41) is 8.39. The fourth-order valence-electron chi connectivity index (χ4n) is 2.32. The van der Waals surface area contributed by atoms with Gasteiger partial charge in [0.15, 0.2) is 5.16 Å². The van der Waals surface area contributed by atoms with Crippen molar-refractivity contribution < 1.29 is 9.53 Å². The largest absolute Gasteiger partial charge is 0.378 e. The molecule has 2 heterocycles. The molecule has 1 aromatic carbocycles. The molecule has 0 radical (unpaired) electrons. The molecule has 1 aliphatic rings. The lowest BCUT2D eigenvalue weighted by molar-refractivity contribution is -0.134. The quantitative estimate of drug-likeness (QED) is 0.800. The number of carbonyl (C=O) groups is 1. The van der Waals surface area contributed by atoms with Crippen LogP contribution in [-0.4, -0.2) is 51.9 Å². The number of benzene rings is 1. The Bertz CT molecular complexity index is 625. The van der Waals surface area contributed by atoms with Gasteiger partial charge in [0.2, 0.25) is 5.91 Å². The van der Waals surface area contributed by atoms with E-state index in [4.69, 9.17) is 4.74 Å². The molecule has 116 valence electrons. The number of thioether (sulfide) groups is 1. The van der Waals surface area contributed by atoms with Crippen LogP contribution in [0.4, 0.5) is 0 Å². The first-order chi connectivity index (χ1) is 10.8. The normalized spacial score (nSPS) is 16.5. The Morgan fingerprint density at radius 2 is 2.00 bits per heavy atom. The lowest BCUT2D eigenvalue weighted by Crippen LogP contribution is -2.42. The van der Waals surface area contributed by atoms with E-state index >= 15 is 0 Å². The molecule has 7 heteroatoms. The van der Waals surface area contributed by atoms with Crippen LogP contribution in [0.2, 0.25) is 0 Å². The van der Waals surface area contributed by atoms with E-state index in [1.165, 1.54) is 11.8 Å². The monoisotopic (exact) mass is 318 g/mol. The molecule has 2 aromatic rings. The zero-order valence-corrected chi connectivity index (χ0v) is 13.2. The molecule has 0 saturated carbocycles. The highest BCUT2D eigenvalue weighted by Gasteiger charge is 2.29. The molecule has 0 bridgehead atoms. The number of rotatable bonds is 4. The summed E-state index contributed by atoms with van der Waals surface area (Å²) >= 11 is 1.43. The van der Waals surface area contributed by atoms with Crippen LogP contribution in [-0.2, 0) is 16.6 Å². The fourth-order valence-corrected chi connectivity index (χ4v) is 3.38. The highest BCUT2D eigenvalue weighted by atomic mass is 32.2. The third kappa shape index (κ3) is 3.31. The molecule has 1 aliphatic heterocycles. The van der Waals surface area contributed by atoms with Crippen LogP contribution >= 0.6 is 11.8 Å². The van der Waals surface area contributed by atoms with Crippen LogP contribution in [0.25, 0.3) is 0 Å². The average Bonchev–Trinajstić information content (AvgIpc) is 2.98. The van der Waals surface area contributed by atoms with Crippen LogP contribution in [0.15, 0.2) is 41.8 Å².